The number of hydrogen-bond acceptors (Lipinski definition) is 6. The zero-order chi connectivity index (χ0) is 21.3. The molecule has 0 bridgehead atoms. The summed E-state index contributed by atoms with van der Waals surface area (Å²) in [6.07, 6.45) is 1.35. The molecule has 8 nitrogen and oxygen atoms in total. The maximum absolute atomic E-state index is 13.4. The number of anilines is 2. The first-order valence-electron chi connectivity index (χ1n) is 9.19. The number of aromatic nitrogens is 3. The van der Waals surface area contributed by atoms with Gasteiger partial charge in [-0.1, -0.05) is 30.3 Å². The number of nitrogens with two attached hydrogens (primary N) is 1. The van der Waals surface area contributed by atoms with Gasteiger partial charge in [0.05, 0.1) is 18.0 Å². The van der Waals surface area contributed by atoms with Crippen LogP contribution in [0.1, 0.15) is 18.7 Å². The Balaban J connectivity index is 1.93. The molecule has 1 atom stereocenters. The number of nitrogens with zero attached hydrogens (tertiary/aromatic N) is 4. The van der Waals surface area contributed by atoms with E-state index in [1.807, 2.05) is 43.3 Å². The Morgan fingerprint density at radius 2 is 1.97 bits per heavy atom. The van der Waals surface area contributed by atoms with Crippen LogP contribution in [0.3, 0.4) is 0 Å². The van der Waals surface area contributed by atoms with Gasteiger partial charge in [-0.15, -0.1) is 0 Å². The number of fused-ring (bicyclic) bond motifs is 1. The molecule has 2 aromatic carbocycles. The number of phenols is 1. The first-order valence-corrected chi connectivity index (χ1v) is 9.19. The molecule has 0 aliphatic rings. The van der Waals surface area contributed by atoms with Crippen LogP contribution in [0.2, 0.25) is 0 Å². The number of pyridine rings is 1. The van der Waals surface area contributed by atoms with E-state index in [4.69, 9.17) is 12.3 Å². The van der Waals surface area contributed by atoms with E-state index in [-0.39, 0.29) is 34.1 Å². The van der Waals surface area contributed by atoms with Crippen molar-refractivity contribution in [3.8, 4) is 11.4 Å². The van der Waals surface area contributed by atoms with Crippen molar-refractivity contribution < 1.29 is 5.11 Å². The van der Waals surface area contributed by atoms with Gasteiger partial charge < -0.3 is 16.2 Å². The molecule has 2 heterocycles. The standard InChI is InChI=1S/C22H18N6O2/c1-13(26-20-16(24-2)12-25-22(23)27-20)17-11-14-7-6-10-18(29)19(14)21(30)28(17)15-8-4-3-5-9-15/h3-13,29H,1H3,(H3,23,25,26,27)/t13-/m0/s1. The second-order valence-electron chi connectivity index (χ2n) is 6.73. The van der Waals surface area contributed by atoms with Crippen LogP contribution >= 0.6 is 0 Å². The number of nitrogens with one attached hydrogen (secondary N) is 1. The minimum Gasteiger partial charge on any atom is -0.507 e. The first kappa shape index (κ1) is 19.0. The van der Waals surface area contributed by atoms with Crippen molar-refractivity contribution in [3.05, 3.63) is 88.3 Å². The summed E-state index contributed by atoms with van der Waals surface area (Å²) in [4.78, 5) is 24.8. The number of rotatable bonds is 4. The molecule has 4 N–H and O–H groups in total. The monoisotopic (exact) mass is 398 g/mol. The summed E-state index contributed by atoms with van der Waals surface area (Å²) in [7, 11) is 0. The fourth-order valence-electron chi connectivity index (χ4n) is 3.38. The summed E-state index contributed by atoms with van der Waals surface area (Å²) < 4.78 is 1.54. The van der Waals surface area contributed by atoms with E-state index in [0.29, 0.717) is 16.8 Å². The molecule has 0 saturated carbocycles. The Morgan fingerprint density at radius 3 is 2.70 bits per heavy atom. The van der Waals surface area contributed by atoms with E-state index < -0.39 is 6.04 Å². The van der Waals surface area contributed by atoms with Gasteiger partial charge >= 0.3 is 0 Å². The first-order chi connectivity index (χ1) is 14.5. The number of aromatic hydroxyl groups is 1. The smallest absolute Gasteiger partial charge is 0.267 e. The quantitative estimate of drug-likeness (QED) is 0.451. The number of phenolic OH excluding ortho intramolecular Hbond substituents is 1. The van der Waals surface area contributed by atoms with Crippen molar-refractivity contribution in [3.63, 3.8) is 0 Å². The van der Waals surface area contributed by atoms with Crippen LogP contribution in [-0.2, 0) is 0 Å². The Kier molecular flexibility index (Phi) is 4.78. The molecular formula is C22H18N6O2. The zero-order valence-electron chi connectivity index (χ0n) is 16.1. The van der Waals surface area contributed by atoms with Crippen molar-refractivity contribution in [1.82, 2.24) is 14.5 Å². The summed E-state index contributed by atoms with van der Waals surface area (Å²) in [6.45, 7) is 9.18. The van der Waals surface area contributed by atoms with E-state index in [0.717, 1.165) is 0 Å². The van der Waals surface area contributed by atoms with Crippen LogP contribution < -0.4 is 16.6 Å². The third kappa shape index (κ3) is 3.29. The summed E-state index contributed by atoms with van der Waals surface area (Å²) in [6, 6.07) is 15.5. The predicted octanol–water partition coefficient (Wildman–Crippen LogP) is 3.79. The molecule has 0 spiro atoms. The van der Waals surface area contributed by atoms with E-state index in [1.165, 1.54) is 12.3 Å². The average Bonchev–Trinajstić information content (AvgIpc) is 2.74. The third-order valence-corrected chi connectivity index (χ3v) is 4.77. The molecule has 30 heavy (non-hydrogen) atoms. The fraction of sp³-hybridized carbons (Fsp3) is 0.0909. The molecule has 8 heteroatoms. The van der Waals surface area contributed by atoms with Crippen LogP contribution in [-0.4, -0.2) is 19.6 Å². The van der Waals surface area contributed by atoms with Crippen LogP contribution in [0.4, 0.5) is 17.5 Å². The van der Waals surface area contributed by atoms with E-state index in [2.05, 4.69) is 20.1 Å². The highest BCUT2D eigenvalue weighted by Crippen LogP contribution is 2.30. The van der Waals surface area contributed by atoms with Crippen molar-refractivity contribution in [2.45, 2.75) is 13.0 Å². The van der Waals surface area contributed by atoms with Gasteiger partial charge in [-0.05, 0) is 36.6 Å². The molecule has 0 amide bonds. The summed E-state index contributed by atoms with van der Waals surface area (Å²) >= 11 is 0. The second-order valence-corrected chi connectivity index (χ2v) is 6.73. The molecule has 4 rings (SSSR count). The molecule has 0 radical (unpaired) electrons. The Bertz CT molecular complexity index is 1340. The molecule has 0 unspecified atom stereocenters. The molecule has 0 aliphatic heterocycles. The molecule has 4 aromatic rings. The summed E-state index contributed by atoms with van der Waals surface area (Å²) in [5, 5.41) is 14.3. The minimum absolute atomic E-state index is 0.0426. The normalized spacial score (nSPS) is 11.7. The lowest BCUT2D eigenvalue weighted by Gasteiger charge is -2.22. The summed E-state index contributed by atoms with van der Waals surface area (Å²) in [5.74, 6) is 0.252. The van der Waals surface area contributed by atoms with Crippen molar-refractivity contribution in [2.75, 3.05) is 11.1 Å². The lowest BCUT2D eigenvalue weighted by Crippen LogP contribution is -2.25. The predicted molar refractivity (Wildman–Crippen MR) is 116 cm³/mol. The second kappa shape index (κ2) is 7.56. The van der Waals surface area contributed by atoms with Gasteiger partial charge in [-0.3, -0.25) is 9.36 Å². The topological polar surface area (TPSA) is 110 Å². The van der Waals surface area contributed by atoms with Crippen LogP contribution in [0, 0.1) is 6.57 Å². The maximum atomic E-state index is 13.4. The van der Waals surface area contributed by atoms with Gasteiger partial charge in [-0.2, -0.15) is 0 Å². The van der Waals surface area contributed by atoms with Gasteiger partial charge in [0.1, 0.15) is 11.6 Å². The van der Waals surface area contributed by atoms with Gasteiger partial charge in [-0.25, -0.2) is 14.8 Å². The lowest BCUT2D eigenvalue weighted by atomic mass is 10.1. The van der Waals surface area contributed by atoms with Crippen molar-refractivity contribution in [1.29, 1.82) is 0 Å². The Morgan fingerprint density at radius 1 is 1.20 bits per heavy atom. The number of benzene rings is 2. The van der Waals surface area contributed by atoms with E-state index in [1.54, 1.807) is 16.7 Å². The number of hydrogen-bond donors (Lipinski definition) is 3. The van der Waals surface area contributed by atoms with E-state index >= 15 is 0 Å². The molecule has 0 fully saturated rings. The maximum Gasteiger partial charge on any atom is 0.267 e. The molecule has 2 aromatic heterocycles. The van der Waals surface area contributed by atoms with Crippen LogP contribution in [0.15, 0.2) is 65.6 Å². The number of nitrogen functional groups attached to an aromatic ring is 1. The SMILES string of the molecule is [C-]#[N+]c1cnc(N)nc1N[C@@H](C)c1cc2cccc(O)c2c(=O)n1-c1ccccc1. The lowest BCUT2D eigenvalue weighted by molar-refractivity contribution is 0.481. The molecule has 0 saturated heterocycles. The number of para-hydroxylation sites is 1. The van der Waals surface area contributed by atoms with Crippen LogP contribution in [0.25, 0.3) is 21.3 Å². The van der Waals surface area contributed by atoms with Gasteiger partial charge in [0, 0.05) is 17.6 Å². The molecule has 148 valence electrons. The Hall–Kier alpha value is -4.38. The minimum atomic E-state index is -0.417. The van der Waals surface area contributed by atoms with Crippen molar-refractivity contribution >= 4 is 28.2 Å². The van der Waals surface area contributed by atoms with Gasteiger partial charge in [0.2, 0.25) is 11.6 Å². The largest absolute Gasteiger partial charge is 0.507 e. The Labute approximate surface area is 172 Å². The van der Waals surface area contributed by atoms with Gasteiger partial charge in [0.25, 0.3) is 5.56 Å². The van der Waals surface area contributed by atoms with Crippen molar-refractivity contribution in [2.24, 2.45) is 0 Å². The highest BCUT2D eigenvalue weighted by molar-refractivity contribution is 5.88. The van der Waals surface area contributed by atoms with Gasteiger partial charge in [0.15, 0.2) is 0 Å². The highest BCUT2D eigenvalue weighted by Gasteiger charge is 2.19. The summed E-state index contributed by atoms with van der Waals surface area (Å²) in [5.41, 5.74) is 6.86. The molecule has 0 aliphatic carbocycles. The third-order valence-electron chi connectivity index (χ3n) is 4.77. The average molecular weight is 398 g/mol. The highest BCUT2D eigenvalue weighted by atomic mass is 16.3. The van der Waals surface area contributed by atoms with Crippen LogP contribution in [0.5, 0.6) is 5.75 Å². The molecular weight excluding hydrogens is 380 g/mol. The van der Waals surface area contributed by atoms with E-state index in [9.17, 15) is 9.90 Å². The fourth-order valence-corrected chi connectivity index (χ4v) is 3.38. The zero-order valence-corrected chi connectivity index (χ0v) is 16.1.